The highest BCUT2D eigenvalue weighted by molar-refractivity contribution is 5.67. The second kappa shape index (κ2) is 11.4. The number of carboxylic acid groups (broad SMARTS) is 1. The zero-order valence-electron chi connectivity index (χ0n) is 9.03. The monoisotopic (exact) mass is 221 g/mol. The van der Waals surface area contributed by atoms with Crippen LogP contribution in [0.2, 0.25) is 0 Å². The molecule has 6 nitrogen and oxygen atoms in total. The molecule has 0 bridgehead atoms. The summed E-state index contributed by atoms with van der Waals surface area (Å²) in [5.74, 6) is -0.964. The number of carboxylic acids is 1. The molecule has 90 valence electrons. The van der Waals surface area contributed by atoms with Crippen LogP contribution in [0.1, 0.15) is 6.92 Å². The van der Waals surface area contributed by atoms with E-state index >= 15 is 0 Å². The van der Waals surface area contributed by atoms with E-state index in [2.05, 4.69) is 5.32 Å². The van der Waals surface area contributed by atoms with E-state index in [1.807, 2.05) is 6.92 Å². The zero-order chi connectivity index (χ0) is 11.4. The Hall–Kier alpha value is -0.690. The van der Waals surface area contributed by atoms with Gasteiger partial charge in [0.15, 0.2) is 0 Å². The molecule has 0 unspecified atom stereocenters. The van der Waals surface area contributed by atoms with Crippen molar-refractivity contribution in [1.82, 2.24) is 5.32 Å². The molecule has 0 saturated carbocycles. The van der Waals surface area contributed by atoms with Gasteiger partial charge in [0.1, 0.15) is 6.61 Å². The number of hydrogen-bond acceptors (Lipinski definition) is 5. The highest BCUT2D eigenvalue weighted by Crippen LogP contribution is 1.78. The van der Waals surface area contributed by atoms with Crippen LogP contribution in [0.25, 0.3) is 0 Å². The van der Waals surface area contributed by atoms with E-state index in [4.69, 9.17) is 19.3 Å². The van der Waals surface area contributed by atoms with Gasteiger partial charge in [-0.1, -0.05) is 0 Å². The van der Waals surface area contributed by atoms with E-state index in [9.17, 15) is 4.79 Å². The first-order chi connectivity index (χ1) is 7.27. The minimum absolute atomic E-state index is 0.272. The lowest BCUT2D eigenvalue weighted by Gasteiger charge is -2.06. The van der Waals surface area contributed by atoms with Gasteiger partial charge in [0.2, 0.25) is 0 Å². The smallest absolute Gasteiger partial charge is 0.329 e. The van der Waals surface area contributed by atoms with E-state index < -0.39 is 5.97 Å². The summed E-state index contributed by atoms with van der Waals surface area (Å²) in [6.07, 6.45) is 0. The van der Waals surface area contributed by atoms with Gasteiger partial charge in [-0.3, -0.25) is 5.32 Å². The summed E-state index contributed by atoms with van der Waals surface area (Å²) in [5.41, 5.74) is 0. The molecule has 0 aliphatic rings. The average molecular weight is 221 g/mol. The maximum absolute atomic E-state index is 10.0. The van der Waals surface area contributed by atoms with Gasteiger partial charge < -0.3 is 19.3 Å². The van der Waals surface area contributed by atoms with Crippen LogP contribution in [0.3, 0.4) is 0 Å². The molecule has 0 aromatic heterocycles. The first-order valence-electron chi connectivity index (χ1n) is 4.93. The molecule has 6 heteroatoms. The third kappa shape index (κ3) is 13.3. The van der Waals surface area contributed by atoms with E-state index in [-0.39, 0.29) is 6.61 Å². The van der Waals surface area contributed by atoms with Gasteiger partial charge in [-0.15, -0.1) is 0 Å². The predicted octanol–water partition coefficient (Wildman–Crippen LogP) is -0.312. The van der Waals surface area contributed by atoms with E-state index in [0.717, 1.165) is 0 Å². The Morgan fingerprint density at radius 1 is 1.20 bits per heavy atom. The molecular formula is C9H19NO5. The van der Waals surface area contributed by atoms with Crippen LogP contribution in [-0.2, 0) is 19.0 Å². The number of ether oxygens (including phenoxy) is 3. The third-order valence-electron chi connectivity index (χ3n) is 1.43. The molecule has 0 saturated heterocycles. The van der Waals surface area contributed by atoms with Crippen LogP contribution in [0.15, 0.2) is 0 Å². The first-order valence-corrected chi connectivity index (χ1v) is 4.93. The molecule has 15 heavy (non-hydrogen) atoms. The summed E-state index contributed by atoms with van der Waals surface area (Å²) in [4.78, 5) is 10.0. The standard InChI is InChI=1S/C9H19NO5/c1-2-13-8-10-3-4-14-5-6-15-7-9(11)12/h10H,2-8H2,1H3,(H,11,12). The van der Waals surface area contributed by atoms with Gasteiger partial charge in [-0.2, -0.15) is 0 Å². The summed E-state index contributed by atoms with van der Waals surface area (Å²) in [6, 6.07) is 0. The fourth-order valence-corrected chi connectivity index (χ4v) is 0.770. The molecule has 0 aromatic carbocycles. The Balaban J connectivity index is 2.89. The molecule has 0 aromatic rings. The lowest BCUT2D eigenvalue weighted by Crippen LogP contribution is -2.23. The van der Waals surface area contributed by atoms with E-state index in [1.165, 1.54) is 0 Å². The summed E-state index contributed by atoms with van der Waals surface area (Å²) in [6.45, 7) is 4.85. The van der Waals surface area contributed by atoms with Crippen molar-refractivity contribution in [2.45, 2.75) is 6.92 Å². The number of rotatable bonds is 11. The minimum atomic E-state index is -0.964. The van der Waals surface area contributed by atoms with Crippen molar-refractivity contribution < 1.29 is 24.1 Å². The molecular weight excluding hydrogens is 202 g/mol. The lowest BCUT2D eigenvalue weighted by molar-refractivity contribution is -0.142. The summed E-state index contributed by atoms with van der Waals surface area (Å²) < 4.78 is 15.0. The highest BCUT2D eigenvalue weighted by Gasteiger charge is 1.95. The van der Waals surface area contributed by atoms with Gasteiger partial charge in [0, 0.05) is 13.2 Å². The summed E-state index contributed by atoms with van der Waals surface area (Å²) in [7, 11) is 0. The van der Waals surface area contributed by atoms with Crippen LogP contribution < -0.4 is 5.32 Å². The van der Waals surface area contributed by atoms with Crippen LogP contribution in [0, 0.1) is 0 Å². The van der Waals surface area contributed by atoms with Crippen molar-refractivity contribution >= 4 is 5.97 Å². The molecule has 2 N–H and O–H groups in total. The highest BCUT2D eigenvalue weighted by atomic mass is 16.5. The topological polar surface area (TPSA) is 77.0 Å². The second-order valence-electron chi connectivity index (χ2n) is 2.70. The van der Waals surface area contributed by atoms with Crippen molar-refractivity contribution in [2.24, 2.45) is 0 Å². The normalized spacial score (nSPS) is 10.5. The number of nitrogens with one attached hydrogen (secondary N) is 1. The predicted molar refractivity (Wildman–Crippen MR) is 53.8 cm³/mol. The van der Waals surface area contributed by atoms with Gasteiger partial charge in [0.25, 0.3) is 0 Å². The van der Waals surface area contributed by atoms with Crippen LogP contribution in [-0.4, -0.2) is 57.4 Å². The fourth-order valence-electron chi connectivity index (χ4n) is 0.770. The average Bonchev–Trinajstić information content (AvgIpc) is 2.20. The first kappa shape index (κ1) is 14.3. The molecule has 0 radical (unpaired) electrons. The fraction of sp³-hybridized carbons (Fsp3) is 0.889. The van der Waals surface area contributed by atoms with Crippen molar-refractivity contribution in [1.29, 1.82) is 0 Å². The Kier molecular flexibility index (Phi) is 10.9. The Labute approximate surface area is 89.5 Å². The van der Waals surface area contributed by atoms with E-state index in [1.54, 1.807) is 0 Å². The molecule has 0 atom stereocenters. The van der Waals surface area contributed by atoms with Crippen molar-refractivity contribution in [2.75, 3.05) is 46.3 Å². The van der Waals surface area contributed by atoms with E-state index in [0.29, 0.717) is 39.7 Å². The quantitative estimate of drug-likeness (QED) is 0.368. The maximum Gasteiger partial charge on any atom is 0.329 e. The largest absolute Gasteiger partial charge is 0.480 e. The molecule has 0 aliphatic carbocycles. The maximum atomic E-state index is 10.0. The van der Waals surface area contributed by atoms with Crippen molar-refractivity contribution in [3.8, 4) is 0 Å². The molecule has 0 amide bonds. The second-order valence-corrected chi connectivity index (χ2v) is 2.70. The summed E-state index contributed by atoms with van der Waals surface area (Å²) >= 11 is 0. The number of aliphatic carboxylic acids is 1. The molecule has 0 spiro atoms. The molecule has 0 rings (SSSR count). The molecule has 0 aliphatic heterocycles. The number of carbonyl (C=O) groups is 1. The van der Waals surface area contributed by atoms with Gasteiger partial charge in [-0.05, 0) is 6.92 Å². The Bertz CT molecular complexity index is 153. The zero-order valence-corrected chi connectivity index (χ0v) is 9.03. The van der Waals surface area contributed by atoms with Crippen molar-refractivity contribution in [3.63, 3.8) is 0 Å². The van der Waals surface area contributed by atoms with Gasteiger partial charge >= 0.3 is 5.97 Å². The molecule has 0 fully saturated rings. The van der Waals surface area contributed by atoms with Crippen LogP contribution in [0.4, 0.5) is 0 Å². The van der Waals surface area contributed by atoms with Crippen molar-refractivity contribution in [3.05, 3.63) is 0 Å². The Morgan fingerprint density at radius 3 is 2.60 bits per heavy atom. The Morgan fingerprint density at radius 2 is 1.93 bits per heavy atom. The van der Waals surface area contributed by atoms with Crippen LogP contribution in [0.5, 0.6) is 0 Å². The van der Waals surface area contributed by atoms with Crippen LogP contribution >= 0.6 is 0 Å². The minimum Gasteiger partial charge on any atom is -0.480 e. The lowest BCUT2D eigenvalue weighted by atomic mass is 10.6. The SMILES string of the molecule is CCOCNCCOCCOCC(=O)O. The third-order valence-corrected chi connectivity index (χ3v) is 1.43. The molecule has 0 heterocycles. The van der Waals surface area contributed by atoms with Gasteiger partial charge in [0.05, 0.1) is 26.6 Å². The van der Waals surface area contributed by atoms with Gasteiger partial charge in [-0.25, -0.2) is 4.79 Å². The summed E-state index contributed by atoms with van der Waals surface area (Å²) in [5, 5.41) is 11.3. The number of hydrogen-bond donors (Lipinski definition) is 2.